The van der Waals surface area contributed by atoms with Gasteiger partial charge in [-0.3, -0.25) is 9.78 Å². The number of nitrogen functional groups attached to an aromatic ring is 1. The molecule has 12 nitrogen and oxygen atoms in total. The van der Waals surface area contributed by atoms with Gasteiger partial charge >= 0.3 is 12.1 Å². The molecule has 1 fully saturated rings. The molecule has 39 heavy (non-hydrogen) atoms. The number of alkyl halides is 3. The largest absolute Gasteiger partial charge is 0.490 e. The number of nitrogens with two attached hydrogens (primary N) is 1. The summed E-state index contributed by atoms with van der Waals surface area (Å²) in [4.78, 5) is 31.4. The Balaban J connectivity index is 0.000000448. The van der Waals surface area contributed by atoms with Gasteiger partial charge in [0.2, 0.25) is 5.91 Å². The lowest BCUT2D eigenvalue weighted by molar-refractivity contribution is -0.192. The van der Waals surface area contributed by atoms with Crippen LogP contribution in [0.2, 0.25) is 0 Å². The van der Waals surface area contributed by atoms with E-state index in [2.05, 4.69) is 25.9 Å². The summed E-state index contributed by atoms with van der Waals surface area (Å²) in [7, 11) is 0. The van der Waals surface area contributed by atoms with Crippen LogP contribution in [-0.2, 0) is 16.1 Å². The van der Waals surface area contributed by atoms with Crippen LogP contribution in [0.15, 0.2) is 41.2 Å². The Hall–Kier alpha value is -4.53. The molecule has 0 saturated carbocycles. The van der Waals surface area contributed by atoms with Gasteiger partial charge in [0, 0.05) is 18.0 Å². The lowest BCUT2D eigenvalue weighted by Crippen LogP contribution is -2.34. The first-order chi connectivity index (χ1) is 18.6. The van der Waals surface area contributed by atoms with E-state index in [1.807, 2.05) is 41.8 Å². The number of carbonyl (C=O) groups excluding carboxylic acids is 1. The average Bonchev–Trinajstić information content (AvgIpc) is 3.52. The molecule has 15 heteroatoms. The molecule has 0 unspecified atom stereocenters. The number of halogens is 3. The highest BCUT2D eigenvalue weighted by Gasteiger charge is 2.38. The number of benzene rings is 1. The SMILES string of the molecule is CCn1c(-c2nonc2N)nc2c(-c3ccccc3)ncc(NC(=O)C3CCNCC3)c21.O=C(O)C(F)(F)F. The van der Waals surface area contributed by atoms with Gasteiger partial charge in [0.1, 0.15) is 5.52 Å². The second kappa shape index (κ2) is 11.5. The fourth-order valence-electron chi connectivity index (χ4n) is 4.20. The predicted octanol–water partition coefficient (Wildman–Crippen LogP) is 3.32. The topological polar surface area (TPSA) is 174 Å². The van der Waals surface area contributed by atoms with Crippen molar-refractivity contribution in [3.8, 4) is 22.8 Å². The van der Waals surface area contributed by atoms with Crippen LogP contribution in [0, 0.1) is 5.92 Å². The van der Waals surface area contributed by atoms with Crippen LogP contribution >= 0.6 is 0 Å². The van der Waals surface area contributed by atoms with Gasteiger partial charge in [0.25, 0.3) is 0 Å². The third-order valence-electron chi connectivity index (χ3n) is 6.07. The molecule has 0 radical (unpaired) electrons. The number of carboxylic acids is 1. The molecule has 5 N–H and O–H groups in total. The average molecular weight is 547 g/mol. The summed E-state index contributed by atoms with van der Waals surface area (Å²) in [6.07, 6.45) is -1.76. The van der Waals surface area contributed by atoms with E-state index in [4.69, 9.17) is 25.2 Å². The zero-order valence-electron chi connectivity index (χ0n) is 20.7. The summed E-state index contributed by atoms with van der Waals surface area (Å²) in [5, 5.41) is 21.2. The van der Waals surface area contributed by atoms with Gasteiger partial charge in [-0.25, -0.2) is 14.4 Å². The number of aryl methyl sites for hydroxylation is 1. The first-order valence-electron chi connectivity index (χ1n) is 12.0. The Morgan fingerprint density at radius 3 is 2.41 bits per heavy atom. The lowest BCUT2D eigenvalue weighted by atomic mass is 9.97. The molecule has 1 aliphatic rings. The van der Waals surface area contributed by atoms with E-state index in [1.165, 1.54) is 0 Å². The van der Waals surface area contributed by atoms with Crippen molar-refractivity contribution in [1.82, 2.24) is 30.2 Å². The van der Waals surface area contributed by atoms with Gasteiger partial charge in [-0.15, -0.1) is 0 Å². The van der Waals surface area contributed by atoms with Crippen LogP contribution in [0.25, 0.3) is 33.8 Å². The van der Waals surface area contributed by atoms with Crippen LogP contribution in [0.5, 0.6) is 0 Å². The number of fused-ring (bicyclic) bond motifs is 1. The van der Waals surface area contributed by atoms with Crippen molar-refractivity contribution >= 4 is 34.4 Å². The van der Waals surface area contributed by atoms with E-state index in [9.17, 15) is 18.0 Å². The van der Waals surface area contributed by atoms with Crippen molar-refractivity contribution < 1.29 is 32.5 Å². The van der Waals surface area contributed by atoms with Gasteiger partial charge in [-0.1, -0.05) is 30.3 Å². The molecule has 3 aromatic heterocycles. The van der Waals surface area contributed by atoms with Crippen molar-refractivity contribution in [2.24, 2.45) is 5.92 Å². The standard InChI is InChI=1S/C22H24N8O2.C2HF3O2/c1-2-30-19-15(26-22(31)14-8-10-24-11-9-14)12-25-16(13-6-4-3-5-7-13)17(19)27-21(30)18-20(23)29-32-28-18;3-2(4,5)1(6)7/h3-7,12,14,24H,2,8-11H2,1H3,(H2,23,29)(H,26,31);(H,6,7). The molecule has 0 atom stereocenters. The lowest BCUT2D eigenvalue weighted by Gasteiger charge is -2.22. The molecular weight excluding hydrogens is 521 g/mol. The Morgan fingerprint density at radius 2 is 1.85 bits per heavy atom. The maximum atomic E-state index is 13.0. The molecule has 0 bridgehead atoms. The third-order valence-corrected chi connectivity index (χ3v) is 6.07. The van der Waals surface area contributed by atoms with Gasteiger partial charge in [0.15, 0.2) is 17.3 Å². The minimum atomic E-state index is -5.08. The van der Waals surface area contributed by atoms with Crippen molar-refractivity contribution in [2.45, 2.75) is 32.5 Å². The van der Waals surface area contributed by atoms with E-state index in [-0.39, 0.29) is 17.6 Å². The Labute approximate surface area is 219 Å². The van der Waals surface area contributed by atoms with Crippen LogP contribution in [0.4, 0.5) is 24.7 Å². The Kier molecular flexibility index (Phi) is 8.09. The molecule has 0 spiro atoms. The smallest absolute Gasteiger partial charge is 0.475 e. The van der Waals surface area contributed by atoms with E-state index < -0.39 is 12.1 Å². The minimum Gasteiger partial charge on any atom is -0.475 e. The minimum absolute atomic E-state index is 0.00455. The Morgan fingerprint density at radius 1 is 1.18 bits per heavy atom. The number of hydrogen-bond donors (Lipinski definition) is 4. The molecule has 4 aromatic rings. The summed E-state index contributed by atoms with van der Waals surface area (Å²) in [6, 6.07) is 9.81. The van der Waals surface area contributed by atoms with Gasteiger partial charge in [-0.05, 0) is 43.2 Å². The normalized spacial score (nSPS) is 14.1. The van der Waals surface area contributed by atoms with E-state index in [0.717, 1.165) is 37.0 Å². The summed E-state index contributed by atoms with van der Waals surface area (Å²) >= 11 is 0. The number of rotatable bonds is 5. The summed E-state index contributed by atoms with van der Waals surface area (Å²) < 4.78 is 38.5. The van der Waals surface area contributed by atoms with Crippen LogP contribution in [0.3, 0.4) is 0 Å². The number of piperidine rings is 1. The monoisotopic (exact) mass is 546 g/mol. The number of pyridine rings is 1. The summed E-state index contributed by atoms with van der Waals surface area (Å²) in [5.41, 5.74) is 9.99. The summed E-state index contributed by atoms with van der Waals surface area (Å²) in [6.45, 7) is 4.25. The maximum absolute atomic E-state index is 13.0. The number of hydrogen-bond acceptors (Lipinski definition) is 9. The van der Waals surface area contributed by atoms with E-state index in [0.29, 0.717) is 35.0 Å². The van der Waals surface area contributed by atoms with Crippen molar-refractivity contribution in [2.75, 3.05) is 24.1 Å². The van der Waals surface area contributed by atoms with E-state index >= 15 is 0 Å². The molecule has 1 aliphatic heterocycles. The second-order valence-electron chi connectivity index (χ2n) is 8.58. The molecule has 1 saturated heterocycles. The number of aliphatic carboxylic acids is 1. The third kappa shape index (κ3) is 5.98. The number of anilines is 2. The zero-order chi connectivity index (χ0) is 28.2. The molecular formula is C24H25F3N8O4. The first kappa shape index (κ1) is 27.5. The highest BCUT2D eigenvalue weighted by Crippen LogP contribution is 2.35. The van der Waals surface area contributed by atoms with Crippen LogP contribution < -0.4 is 16.4 Å². The fraction of sp³-hybridized carbons (Fsp3) is 0.333. The molecule has 5 rings (SSSR count). The van der Waals surface area contributed by atoms with E-state index in [1.54, 1.807) is 6.20 Å². The number of carboxylic acid groups (broad SMARTS) is 1. The maximum Gasteiger partial charge on any atom is 0.490 e. The van der Waals surface area contributed by atoms with Crippen LogP contribution in [0.1, 0.15) is 19.8 Å². The fourth-order valence-corrected chi connectivity index (χ4v) is 4.20. The van der Waals surface area contributed by atoms with Crippen molar-refractivity contribution in [3.63, 3.8) is 0 Å². The predicted molar refractivity (Wildman–Crippen MR) is 134 cm³/mol. The number of amides is 1. The van der Waals surface area contributed by atoms with Crippen molar-refractivity contribution in [3.05, 3.63) is 36.5 Å². The quantitative estimate of drug-likeness (QED) is 0.291. The summed E-state index contributed by atoms with van der Waals surface area (Å²) in [5.74, 6) is -2.12. The number of nitrogens with one attached hydrogen (secondary N) is 2. The van der Waals surface area contributed by atoms with Crippen LogP contribution in [-0.4, -0.2) is 61.1 Å². The molecule has 1 aromatic carbocycles. The zero-order valence-corrected chi connectivity index (χ0v) is 20.7. The van der Waals surface area contributed by atoms with Gasteiger partial charge in [-0.2, -0.15) is 13.2 Å². The molecule has 206 valence electrons. The highest BCUT2D eigenvalue weighted by molar-refractivity contribution is 6.05. The molecule has 0 aliphatic carbocycles. The number of aromatic nitrogens is 5. The Bertz CT molecular complexity index is 1460. The number of carbonyl (C=O) groups is 2. The first-order valence-corrected chi connectivity index (χ1v) is 12.0. The molecule has 1 amide bonds. The highest BCUT2D eigenvalue weighted by atomic mass is 19.4. The molecule has 4 heterocycles. The second-order valence-corrected chi connectivity index (χ2v) is 8.58. The van der Waals surface area contributed by atoms with Crippen molar-refractivity contribution in [1.29, 1.82) is 0 Å². The number of imidazole rings is 1. The number of nitrogens with zero attached hydrogens (tertiary/aromatic N) is 5. The van der Waals surface area contributed by atoms with Gasteiger partial charge in [0.05, 0.1) is 23.1 Å². The van der Waals surface area contributed by atoms with Gasteiger partial charge < -0.3 is 26.0 Å².